The predicted molar refractivity (Wildman–Crippen MR) is 71.9 cm³/mol. The lowest BCUT2D eigenvalue weighted by molar-refractivity contribution is 0.172. The molecule has 2 heteroatoms. The van der Waals surface area contributed by atoms with Gasteiger partial charge >= 0.3 is 0 Å². The second-order valence-electron chi connectivity index (χ2n) is 4.58. The van der Waals surface area contributed by atoms with Crippen LogP contribution in [0.25, 0.3) is 0 Å². The van der Waals surface area contributed by atoms with Crippen molar-refractivity contribution in [2.24, 2.45) is 5.92 Å². The van der Waals surface area contributed by atoms with E-state index in [1.807, 2.05) is 0 Å². The fraction of sp³-hybridized carbons (Fsp3) is 1.00. The van der Waals surface area contributed by atoms with Gasteiger partial charge in [0, 0.05) is 13.7 Å². The van der Waals surface area contributed by atoms with Crippen molar-refractivity contribution in [3.8, 4) is 0 Å². The Kier molecular flexibility index (Phi) is 11.3. The Morgan fingerprint density at radius 3 is 2.19 bits per heavy atom. The monoisotopic (exact) mass is 229 g/mol. The summed E-state index contributed by atoms with van der Waals surface area (Å²) < 4.78 is 5.15. The van der Waals surface area contributed by atoms with Crippen molar-refractivity contribution in [3.05, 3.63) is 0 Å². The lowest BCUT2D eigenvalue weighted by atomic mass is 9.96. The molecule has 0 aliphatic heterocycles. The molecule has 0 saturated carbocycles. The Labute approximate surface area is 102 Å². The van der Waals surface area contributed by atoms with Crippen LogP contribution >= 0.6 is 0 Å². The molecular formula is C14H31NO. The molecule has 0 aromatic carbocycles. The highest BCUT2D eigenvalue weighted by atomic mass is 16.5. The zero-order valence-corrected chi connectivity index (χ0v) is 11.8. The summed E-state index contributed by atoms with van der Waals surface area (Å²) in [5.41, 5.74) is 0. The van der Waals surface area contributed by atoms with Gasteiger partial charge in [0.1, 0.15) is 0 Å². The molecule has 0 N–H and O–H groups in total. The van der Waals surface area contributed by atoms with Gasteiger partial charge in [0.05, 0.1) is 0 Å². The Morgan fingerprint density at radius 2 is 1.69 bits per heavy atom. The maximum Gasteiger partial charge on any atom is 0.0464 e. The van der Waals surface area contributed by atoms with Crippen molar-refractivity contribution in [2.75, 3.05) is 33.4 Å². The highest BCUT2D eigenvalue weighted by Gasteiger charge is 2.06. The van der Waals surface area contributed by atoms with Crippen LogP contribution in [-0.4, -0.2) is 38.3 Å². The minimum Gasteiger partial charge on any atom is -0.385 e. The molecule has 0 unspecified atom stereocenters. The number of ether oxygens (including phenoxy) is 1. The second kappa shape index (κ2) is 11.4. The van der Waals surface area contributed by atoms with Gasteiger partial charge in [-0.05, 0) is 38.4 Å². The van der Waals surface area contributed by atoms with Crippen LogP contribution in [0.5, 0.6) is 0 Å². The molecule has 0 aliphatic carbocycles. The number of rotatable bonds is 11. The molecule has 0 aromatic rings. The minimum atomic E-state index is 0.872. The number of unbranched alkanes of at least 4 members (excludes halogenated alkanes) is 1. The van der Waals surface area contributed by atoms with Gasteiger partial charge in [-0.25, -0.2) is 0 Å². The van der Waals surface area contributed by atoms with Gasteiger partial charge in [0.25, 0.3) is 0 Å². The molecule has 0 amide bonds. The summed E-state index contributed by atoms with van der Waals surface area (Å²) in [6.07, 6.45) is 6.64. The van der Waals surface area contributed by atoms with E-state index in [0.717, 1.165) is 12.5 Å². The van der Waals surface area contributed by atoms with E-state index in [0.29, 0.717) is 0 Å². The van der Waals surface area contributed by atoms with Gasteiger partial charge in [-0.2, -0.15) is 0 Å². The van der Waals surface area contributed by atoms with Crippen LogP contribution < -0.4 is 0 Å². The van der Waals surface area contributed by atoms with E-state index in [-0.39, 0.29) is 0 Å². The summed E-state index contributed by atoms with van der Waals surface area (Å²) in [4.78, 5) is 2.51. The van der Waals surface area contributed by atoms with E-state index in [1.54, 1.807) is 7.11 Å². The average Bonchev–Trinajstić information content (AvgIpc) is 2.33. The van der Waals surface area contributed by atoms with Gasteiger partial charge < -0.3 is 9.64 Å². The third-order valence-corrected chi connectivity index (χ3v) is 3.54. The highest BCUT2D eigenvalue weighted by molar-refractivity contribution is 4.59. The predicted octanol–water partition coefficient (Wildman–Crippen LogP) is 3.56. The maximum absolute atomic E-state index is 5.15. The molecule has 2 nitrogen and oxygen atoms in total. The van der Waals surface area contributed by atoms with Crippen molar-refractivity contribution in [2.45, 2.75) is 52.9 Å². The molecule has 0 rings (SSSR count). The zero-order chi connectivity index (χ0) is 12.2. The molecule has 0 bridgehead atoms. The maximum atomic E-state index is 5.15. The summed E-state index contributed by atoms with van der Waals surface area (Å²) in [5.74, 6) is 0.872. The summed E-state index contributed by atoms with van der Waals surface area (Å²) in [6.45, 7) is 11.4. The largest absolute Gasteiger partial charge is 0.385 e. The molecule has 16 heavy (non-hydrogen) atoms. The Bertz CT molecular complexity index is 135. The number of nitrogens with zero attached hydrogens (tertiary/aromatic N) is 1. The van der Waals surface area contributed by atoms with Crippen molar-refractivity contribution in [1.29, 1.82) is 0 Å². The lowest BCUT2D eigenvalue weighted by Crippen LogP contribution is -2.24. The van der Waals surface area contributed by atoms with Crippen molar-refractivity contribution >= 4 is 0 Å². The Balaban J connectivity index is 3.46. The molecule has 0 spiro atoms. The van der Waals surface area contributed by atoms with E-state index >= 15 is 0 Å². The van der Waals surface area contributed by atoms with Crippen LogP contribution in [0, 0.1) is 5.92 Å². The fourth-order valence-electron chi connectivity index (χ4n) is 2.15. The van der Waals surface area contributed by atoms with Crippen LogP contribution in [0.4, 0.5) is 0 Å². The van der Waals surface area contributed by atoms with E-state index in [2.05, 4.69) is 25.7 Å². The summed E-state index contributed by atoms with van der Waals surface area (Å²) >= 11 is 0. The highest BCUT2D eigenvalue weighted by Crippen LogP contribution is 2.16. The normalized spacial score (nSPS) is 13.3. The fourth-order valence-corrected chi connectivity index (χ4v) is 2.15. The van der Waals surface area contributed by atoms with Crippen LogP contribution in [0.2, 0.25) is 0 Å². The smallest absolute Gasteiger partial charge is 0.0464 e. The summed E-state index contributed by atoms with van der Waals surface area (Å²) in [5, 5.41) is 0. The number of methoxy groups -OCH3 is 1. The Morgan fingerprint density at radius 1 is 1.00 bits per heavy atom. The summed E-state index contributed by atoms with van der Waals surface area (Å²) in [6, 6.07) is 0. The van der Waals surface area contributed by atoms with Crippen LogP contribution in [0.1, 0.15) is 52.9 Å². The third kappa shape index (κ3) is 8.12. The standard InChI is InChI=1S/C14H31NO/c1-5-14(11-13-16-4)10-8-9-12-15(6-2)7-3/h14H,5-13H2,1-4H3/t14-/m0/s1. The van der Waals surface area contributed by atoms with Gasteiger partial charge in [-0.1, -0.05) is 40.0 Å². The average molecular weight is 229 g/mol. The van der Waals surface area contributed by atoms with Crippen molar-refractivity contribution < 1.29 is 4.74 Å². The molecule has 1 atom stereocenters. The first kappa shape index (κ1) is 15.9. The summed E-state index contributed by atoms with van der Waals surface area (Å²) in [7, 11) is 1.80. The van der Waals surface area contributed by atoms with Crippen molar-refractivity contribution in [1.82, 2.24) is 4.90 Å². The molecule has 0 saturated heterocycles. The van der Waals surface area contributed by atoms with E-state index in [1.165, 1.54) is 51.7 Å². The zero-order valence-electron chi connectivity index (χ0n) is 11.8. The SMILES string of the molecule is CC[C@@H](CCCCN(CC)CC)CCOC. The van der Waals surface area contributed by atoms with E-state index in [9.17, 15) is 0 Å². The number of hydrogen-bond donors (Lipinski definition) is 0. The number of hydrogen-bond acceptors (Lipinski definition) is 2. The molecular weight excluding hydrogens is 198 g/mol. The van der Waals surface area contributed by atoms with Crippen molar-refractivity contribution in [3.63, 3.8) is 0 Å². The van der Waals surface area contributed by atoms with Crippen LogP contribution in [0.3, 0.4) is 0 Å². The van der Waals surface area contributed by atoms with Gasteiger partial charge in [0.2, 0.25) is 0 Å². The quantitative estimate of drug-likeness (QED) is 0.502. The van der Waals surface area contributed by atoms with Crippen LogP contribution in [0.15, 0.2) is 0 Å². The van der Waals surface area contributed by atoms with E-state index in [4.69, 9.17) is 4.74 Å². The van der Waals surface area contributed by atoms with Crippen LogP contribution in [-0.2, 0) is 4.74 Å². The molecule has 0 aromatic heterocycles. The minimum absolute atomic E-state index is 0.872. The van der Waals surface area contributed by atoms with Gasteiger partial charge in [-0.15, -0.1) is 0 Å². The molecule has 0 heterocycles. The first-order valence-electron chi connectivity index (χ1n) is 6.99. The first-order valence-corrected chi connectivity index (χ1v) is 6.99. The molecule has 0 aliphatic rings. The molecule has 0 radical (unpaired) electrons. The lowest BCUT2D eigenvalue weighted by Gasteiger charge is -2.19. The second-order valence-corrected chi connectivity index (χ2v) is 4.58. The Hall–Kier alpha value is -0.0800. The third-order valence-electron chi connectivity index (χ3n) is 3.54. The first-order chi connectivity index (χ1) is 7.78. The van der Waals surface area contributed by atoms with Gasteiger partial charge in [-0.3, -0.25) is 0 Å². The van der Waals surface area contributed by atoms with Gasteiger partial charge in [0.15, 0.2) is 0 Å². The molecule has 98 valence electrons. The molecule has 0 fully saturated rings. The van der Waals surface area contributed by atoms with E-state index < -0.39 is 0 Å². The topological polar surface area (TPSA) is 12.5 Å².